The molecule has 32 heavy (non-hydrogen) atoms. The first-order chi connectivity index (χ1) is 14.9. The Hall–Kier alpha value is -2.30. The van der Waals surface area contributed by atoms with Crippen molar-refractivity contribution in [2.24, 2.45) is 5.14 Å². The molecule has 2 atom stereocenters. The van der Waals surface area contributed by atoms with Crippen LogP contribution in [0.1, 0.15) is 41.6 Å². The summed E-state index contributed by atoms with van der Waals surface area (Å²) >= 11 is 5.82. The van der Waals surface area contributed by atoms with Gasteiger partial charge in [0.15, 0.2) is 0 Å². The van der Waals surface area contributed by atoms with Crippen molar-refractivity contribution in [1.29, 1.82) is 0 Å². The SMILES string of the molecule is COc1ccccc1C(=O)N(c1ccc(Cl)cc1C(F)(F)F)C1CCCCC1S(N)(=O)=O. The fourth-order valence-corrected chi connectivity index (χ4v) is 5.45. The van der Waals surface area contributed by atoms with Gasteiger partial charge in [0.1, 0.15) is 5.75 Å². The molecule has 11 heteroatoms. The number of nitrogens with two attached hydrogens (primary N) is 1. The molecule has 1 aliphatic carbocycles. The minimum absolute atomic E-state index is 0.00295. The molecular weight excluding hydrogens is 469 g/mol. The Labute approximate surface area is 189 Å². The molecule has 0 saturated heterocycles. The topological polar surface area (TPSA) is 89.7 Å². The van der Waals surface area contributed by atoms with Gasteiger partial charge < -0.3 is 9.64 Å². The molecule has 1 amide bonds. The number of ether oxygens (including phenoxy) is 1. The molecule has 1 saturated carbocycles. The van der Waals surface area contributed by atoms with Crippen molar-refractivity contribution in [2.45, 2.75) is 43.2 Å². The molecule has 0 radical (unpaired) electrons. The van der Waals surface area contributed by atoms with Crippen molar-refractivity contribution >= 4 is 33.2 Å². The summed E-state index contributed by atoms with van der Waals surface area (Å²) in [7, 11) is -2.82. The lowest BCUT2D eigenvalue weighted by atomic mass is 9.92. The second kappa shape index (κ2) is 9.29. The molecule has 0 spiro atoms. The third kappa shape index (κ3) is 5.02. The summed E-state index contributed by atoms with van der Waals surface area (Å²) in [6, 6.07) is 7.97. The molecule has 0 aromatic heterocycles. The maximum Gasteiger partial charge on any atom is 0.418 e. The van der Waals surface area contributed by atoms with Crippen LogP contribution in [0.3, 0.4) is 0 Å². The first kappa shape index (κ1) is 24.3. The molecule has 3 rings (SSSR count). The van der Waals surface area contributed by atoms with Crippen LogP contribution in [0.5, 0.6) is 5.75 Å². The van der Waals surface area contributed by atoms with Gasteiger partial charge in [-0.15, -0.1) is 0 Å². The van der Waals surface area contributed by atoms with E-state index in [1.807, 2.05) is 0 Å². The molecule has 6 nitrogen and oxygen atoms in total. The number of sulfonamides is 1. The number of rotatable bonds is 5. The van der Waals surface area contributed by atoms with Crippen molar-refractivity contribution in [2.75, 3.05) is 12.0 Å². The van der Waals surface area contributed by atoms with E-state index in [4.69, 9.17) is 21.5 Å². The van der Waals surface area contributed by atoms with E-state index in [2.05, 4.69) is 0 Å². The zero-order valence-electron chi connectivity index (χ0n) is 17.1. The van der Waals surface area contributed by atoms with E-state index < -0.39 is 44.6 Å². The fourth-order valence-electron chi connectivity index (χ4n) is 4.09. The monoisotopic (exact) mass is 490 g/mol. The van der Waals surface area contributed by atoms with E-state index >= 15 is 0 Å². The molecule has 2 unspecified atom stereocenters. The van der Waals surface area contributed by atoms with Gasteiger partial charge in [0.2, 0.25) is 10.0 Å². The quantitative estimate of drug-likeness (QED) is 0.662. The van der Waals surface area contributed by atoms with Crippen LogP contribution in [0.2, 0.25) is 5.02 Å². The minimum Gasteiger partial charge on any atom is -0.496 e. The minimum atomic E-state index is -4.84. The highest BCUT2D eigenvalue weighted by atomic mass is 35.5. The highest BCUT2D eigenvalue weighted by Crippen LogP contribution is 2.42. The van der Waals surface area contributed by atoms with Crippen LogP contribution in [0.25, 0.3) is 0 Å². The lowest BCUT2D eigenvalue weighted by Crippen LogP contribution is -2.53. The van der Waals surface area contributed by atoms with Gasteiger partial charge in [-0.3, -0.25) is 4.79 Å². The summed E-state index contributed by atoms with van der Waals surface area (Å²) in [6.07, 6.45) is -3.48. The number of hydrogen-bond acceptors (Lipinski definition) is 4. The number of para-hydroxylation sites is 1. The first-order valence-electron chi connectivity index (χ1n) is 9.80. The normalized spacial score (nSPS) is 19.4. The molecule has 174 valence electrons. The number of hydrogen-bond donors (Lipinski definition) is 1. The predicted molar refractivity (Wildman–Crippen MR) is 115 cm³/mol. The van der Waals surface area contributed by atoms with E-state index in [0.717, 1.165) is 11.0 Å². The number of anilines is 1. The lowest BCUT2D eigenvalue weighted by Gasteiger charge is -2.40. The number of halogens is 4. The van der Waals surface area contributed by atoms with Crippen LogP contribution in [-0.4, -0.2) is 32.7 Å². The van der Waals surface area contributed by atoms with Crippen LogP contribution in [-0.2, 0) is 16.2 Å². The number of nitrogens with zero attached hydrogens (tertiary/aromatic N) is 1. The Morgan fingerprint density at radius 3 is 2.44 bits per heavy atom. The van der Waals surface area contributed by atoms with E-state index in [1.165, 1.54) is 25.3 Å². The maximum atomic E-state index is 13.9. The summed E-state index contributed by atoms with van der Waals surface area (Å²) in [5, 5.41) is 4.04. The Morgan fingerprint density at radius 1 is 1.16 bits per heavy atom. The van der Waals surface area contributed by atoms with Crippen molar-refractivity contribution in [3.63, 3.8) is 0 Å². The summed E-state index contributed by atoms with van der Waals surface area (Å²) in [4.78, 5) is 14.6. The van der Waals surface area contributed by atoms with Gasteiger partial charge in [-0.25, -0.2) is 13.6 Å². The fraction of sp³-hybridized carbons (Fsp3) is 0.381. The summed E-state index contributed by atoms with van der Waals surface area (Å²) in [6.45, 7) is 0. The number of primary sulfonamides is 1. The maximum absolute atomic E-state index is 13.9. The van der Waals surface area contributed by atoms with Gasteiger partial charge in [0.25, 0.3) is 5.91 Å². The van der Waals surface area contributed by atoms with Crippen LogP contribution in [0.15, 0.2) is 42.5 Å². The van der Waals surface area contributed by atoms with Gasteiger partial charge in [0, 0.05) is 5.02 Å². The Morgan fingerprint density at radius 2 is 1.81 bits per heavy atom. The standard InChI is InChI=1S/C21H22ClF3N2O4S/c1-31-18-8-4-2-6-14(18)20(28)27(17-7-3-5-9-19(17)32(26,29)30)16-11-10-13(22)12-15(16)21(23,24)25/h2,4,6,8,10-12,17,19H,3,5,7,9H2,1H3,(H2,26,29,30). The number of carbonyl (C=O) groups is 1. The van der Waals surface area contributed by atoms with Gasteiger partial charge >= 0.3 is 6.18 Å². The predicted octanol–water partition coefficient (Wildman–Crippen LogP) is 4.61. The molecule has 0 aliphatic heterocycles. The largest absolute Gasteiger partial charge is 0.496 e. The van der Waals surface area contributed by atoms with Crippen LogP contribution in [0, 0.1) is 0 Å². The lowest BCUT2D eigenvalue weighted by molar-refractivity contribution is -0.137. The van der Waals surface area contributed by atoms with E-state index in [-0.39, 0.29) is 29.2 Å². The molecule has 1 fully saturated rings. The molecule has 2 aromatic rings. The average Bonchev–Trinajstić information content (AvgIpc) is 2.73. The molecule has 0 bridgehead atoms. The molecular formula is C21H22ClF3N2O4S. The van der Waals surface area contributed by atoms with Gasteiger partial charge in [0.05, 0.1) is 35.2 Å². The summed E-state index contributed by atoms with van der Waals surface area (Å²) in [5.74, 6) is -0.677. The van der Waals surface area contributed by atoms with Crippen molar-refractivity contribution in [3.05, 3.63) is 58.6 Å². The number of benzene rings is 2. The second-order valence-electron chi connectivity index (χ2n) is 7.51. The third-order valence-electron chi connectivity index (χ3n) is 5.50. The highest BCUT2D eigenvalue weighted by Gasteiger charge is 2.44. The Balaban J connectivity index is 2.27. The molecule has 2 N–H and O–H groups in total. The van der Waals surface area contributed by atoms with Gasteiger partial charge in [-0.05, 0) is 43.2 Å². The molecule has 1 aliphatic rings. The number of carbonyl (C=O) groups excluding carboxylic acids is 1. The third-order valence-corrected chi connectivity index (χ3v) is 7.13. The van der Waals surface area contributed by atoms with E-state index in [9.17, 15) is 26.4 Å². The first-order valence-corrected chi connectivity index (χ1v) is 11.8. The number of methoxy groups -OCH3 is 1. The van der Waals surface area contributed by atoms with Crippen molar-refractivity contribution in [1.82, 2.24) is 0 Å². The zero-order chi connectivity index (χ0) is 23.7. The second-order valence-corrected chi connectivity index (χ2v) is 9.73. The van der Waals surface area contributed by atoms with Crippen LogP contribution >= 0.6 is 11.6 Å². The molecule has 2 aromatic carbocycles. The summed E-state index contributed by atoms with van der Waals surface area (Å²) in [5.41, 5.74) is -1.64. The van der Waals surface area contributed by atoms with Crippen LogP contribution < -0.4 is 14.8 Å². The Bertz CT molecular complexity index is 1110. The number of alkyl halides is 3. The average molecular weight is 491 g/mol. The smallest absolute Gasteiger partial charge is 0.418 e. The Kier molecular flexibility index (Phi) is 7.06. The highest BCUT2D eigenvalue weighted by molar-refractivity contribution is 7.89. The van der Waals surface area contributed by atoms with Crippen molar-refractivity contribution in [3.8, 4) is 5.75 Å². The molecule has 0 heterocycles. The van der Waals surface area contributed by atoms with Gasteiger partial charge in [-0.2, -0.15) is 13.2 Å². The zero-order valence-corrected chi connectivity index (χ0v) is 18.7. The van der Waals surface area contributed by atoms with E-state index in [0.29, 0.717) is 18.9 Å². The number of amides is 1. The van der Waals surface area contributed by atoms with E-state index in [1.54, 1.807) is 12.1 Å². The summed E-state index contributed by atoms with van der Waals surface area (Å²) < 4.78 is 71.7. The van der Waals surface area contributed by atoms with Gasteiger partial charge in [-0.1, -0.05) is 36.6 Å². The van der Waals surface area contributed by atoms with Crippen molar-refractivity contribution < 1.29 is 31.1 Å². The van der Waals surface area contributed by atoms with Crippen LogP contribution in [0.4, 0.5) is 18.9 Å².